The van der Waals surface area contributed by atoms with Crippen molar-refractivity contribution in [2.24, 2.45) is 0 Å². The zero-order chi connectivity index (χ0) is 12.9. The molecular formula is C14H20ClFO. The average molecular weight is 259 g/mol. The molecule has 1 N–H and O–H groups in total. The molecule has 1 aromatic rings. The van der Waals surface area contributed by atoms with Gasteiger partial charge in [0.2, 0.25) is 0 Å². The second kappa shape index (κ2) is 6.36. The van der Waals surface area contributed by atoms with E-state index in [1.54, 1.807) is 19.1 Å². The normalized spacial score (nSPS) is 14.6. The van der Waals surface area contributed by atoms with E-state index in [0.29, 0.717) is 17.0 Å². The van der Waals surface area contributed by atoms with Crippen LogP contribution in [0.4, 0.5) is 4.39 Å². The van der Waals surface area contributed by atoms with Crippen LogP contribution in [-0.4, -0.2) is 10.7 Å². The Balaban J connectivity index is 2.69. The first-order valence-corrected chi connectivity index (χ1v) is 6.49. The van der Waals surface area contributed by atoms with Gasteiger partial charge in [-0.05, 0) is 25.5 Å². The molecule has 3 heteroatoms. The molecule has 0 amide bonds. The summed E-state index contributed by atoms with van der Waals surface area (Å²) in [6, 6.07) is 4.61. The van der Waals surface area contributed by atoms with Gasteiger partial charge in [-0.2, -0.15) is 0 Å². The van der Waals surface area contributed by atoms with Crippen LogP contribution in [0, 0.1) is 5.82 Å². The second-order valence-electron chi connectivity index (χ2n) is 4.83. The molecule has 0 saturated carbocycles. The number of hydrogen-bond acceptors (Lipinski definition) is 1. The maximum absolute atomic E-state index is 13.6. The number of halogens is 2. The first-order chi connectivity index (χ1) is 7.96. The largest absolute Gasteiger partial charge is 0.390 e. The number of unbranched alkanes of at least 4 members (excludes halogenated alkanes) is 2. The molecule has 0 aliphatic carbocycles. The minimum atomic E-state index is -0.888. The van der Waals surface area contributed by atoms with Gasteiger partial charge in [0.15, 0.2) is 0 Å². The standard InChI is InChI=1S/C14H20ClFO/c1-3-4-5-9-14(2,17)10-11-12(15)7-6-8-13(11)16/h6-8,17H,3-5,9-10H2,1-2H3. The van der Waals surface area contributed by atoms with Crippen LogP contribution in [0.15, 0.2) is 18.2 Å². The molecule has 0 radical (unpaired) electrons. The van der Waals surface area contributed by atoms with Gasteiger partial charge in [0.1, 0.15) is 5.82 Å². The molecule has 0 spiro atoms. The molecule has 0 aromatic heterocycles. The molecule has 1 atom stereocenters. The smallest absolute Gasteiger partial charge is 0.127 e. The number of aliphatic hydroxyl groups is 1. The van der Waals surface area contributed by atoms with Crippen molar-refractivity contribution in [3.63, 3.8) is 0 Å². The SMILES string of the molecule is CCCCCC(C)(O)Cc1c(F)cccc1Cl. The molecular weight excluding hydrogens is 239 g/mol. The Morgan fingerprint density at radius 1 is 1.35 bits per heavy atom. The summed E-state index contributed by atoms with van der Waals surface area (Å²) < 4.78 is 13.6. The molecule has 0 fully saturated rings. The van der Waals surface area contributed by atoms with Crippen LogP contribution in [0.2, 0.25) is 5.02 Å². The van der Waals surface area contributed by atoms with Crippen LogP contribution in [0.25, 0.3) is 0 Å². The summed E-state index contributed by atoms with van der Waals surface area (Å²) in [7, 11) is 0. The molecule has 0 bridgehead atoms. The van der Waals surface area contributed by atoms with Crippen LogP contribution < -0.4 is 0 Å². The molecule has 1 nitrogen and oxygen atoms in total. The maximum Gasteiger partial charge on any atom is 0.127 e. The molecule has 1 aromatic carbocycles. The van der Waals surface area contributed by atoms with Crippen molar-refractivity contribution in [3.05, 3.63) is 34.6 Å². The predicted molar refractivity (Wildman–Crippen MR) is 69.9 cm³/mol. The monoisotopic (exact) mass is 258 g/mol. The summed E-state index contributed by atoms with van der Waals surface area (Å²) in [5.74, 6) is -0.340. The molecule has 0 aliphatic rings. The van der Waals surface area contributed by atoms with Gasteiger partial charge in [0, 0.05) is 17.0 Å². The van der Waals surface area contributed by atoms with E-state index >= 15 is 0 Å². The van der Waals surface area contributed by atoms with E-state index in [4.69, 9.17) is 11.6 Å². The number of rotatable bonds is 6. The summed E-state index contributed by atoms with van der Waals surface area (Å²) in [4.78, 5) is 0. The van der Waals surface area contributed by atoms with Crippen molar-refractivity contribution < 1.29 is 9.50 Å². The van der Waals surface area contributed by atoms with Crippen molar-refractivity contribution in [2.75, 3.05) is 0 Å². The third-order valence-electron chi connectivity index (χ3n) is 2.94. The quantitative estimate of drug-likeness (QED) is 0.752. The molecule has 0 aliphatic heterocycles. The van der Waals surface area contributed by atoms with E-state index < -0.39 is 5.60 Å². The lowest BCUT2D eigenvalue weighted by molar-refractivity contribution is 0.0478. The van der Waals surface area contributed by atoms with Gasteiger partial charge in [-0.3, -0.25) is 0 Å². The summed E-state index contributed by atoms with van der Waals surface area (Å²) in [6.45, 7) is 3.86. The molecule has 96 valence electrons. The van der Waals surface area contributed by atoms with E-state index in [2.05, 4.69) is 6.92 Å². The molecule has 17 heavy (non-hydrogen) atoms. The summed E-state index contributed by atoms with van der Waals surface area (Å²) in [6.07, 6.45) is 4.08. The van der Waals surface area contributed by atoms with Gasteiger partial charge < -0.3 is 5.11 Å². The van der Waals surface area contributed by atoms with Crippen LogP contribution in [0.3, 0.4) is 0 Å². The highest BCUT2D eigenvalue weighted by Crippen LogP contribution is 2.26. The Labute approximate surface area is 108 Å². The van der Waals surface area contributed by atoms with Crippen molar-refractivity contribution in [1.29, 1.82) is 0 Å². The van der Waals surface area contributed by atoms with E-state index in [-0.39, 0.29) is 12.2 Å². The van der Waals surface area contributed by atoms with Gasteiger partial charge in [0.25, 0.3) is 0 Å². The lowest BCUT2D eigenvalue weighted by Gasteiger charge is -2.24. The molecule has 0 saturated heterocycles. The molecule has 1 unspecified atom stereocenters. The van der Waals surface area contributed by atoms with Crippen molar-refractivity contribution in [2.45, 2.75) is 51.6 Å². The fourth-order valence-corrected chi connectivity index (χ4v) is 2.16. The third kappa shape index (κ3) is 4.64. The minimum absolute atomic E-state index is 0.266. The first kappa shape index (κ1) is 14.5. The highest BCUT2D eigenvalue weighted by Gasteiger charge is 2.23. The zero-order valence-electron chi connectivity index (χ0n) is 10.5. The van der Waals surface area contributed by atoms with Crippen LogP contribution in [0.1, 0.15) is 45.1 Å². The summed E-state index contributed by atoms with van der Waals surface area (Å²) in [5.41, 5.74) is -0.475. The predicted octanol–water partition coefficient (Wildman–Crippen LogP) is 4.35. The lowest BCUT2D eigenvalue weighted by atomic mass is 9.91. The third-order valence-corrected chi connectivity index (χ3v) is 3.29. The van der Waals surface area contributed by atoms with Crippen LogP contribution >= 0.6 is 11.6 Å². The zero-order valence-corrected chi connectivity index (χ0v) is 11.2. The Morgan fingerprint density at radius 2 is 2.06 bits per heavy atom. The number of hydrogen-bond donors (Lipinski definition) is 1. The van der Waals surface area contributed by atoms with Crippen molar-refractivity contribution in [1.82, 2.24) is 0 Å². The minimum Gasteiger partial charge on any atom is -0.390 e. The highest BCUT2D eigenvalue weighted by molar-refractivity contribution is 6.31. The van der Waals surface area contributed by atoms with Crippen LogP contribution in [-0.2, 0) is 6.42 Å². The Morgan fingerprint density at radius 3 is 2.65 bits per heavy atom. The number of benzene rings is 1. The Kier molecular flexibility index (Phi) is 5.41. The van der Waals surface area contributed by atoms with Crippen molar-refractivity contribution in [3.8, 4) is 0 Å². The van der Waals surface area contributed by atoms with Gasteiger partial charge in [-0.25, -0.2) is 4.39 Å². The van der Waals surface area contributed by atoms with Gasteiger partial charge in [0.05, 0.1) is 5.60 Å². The molecule has 1 rings (SSSR count). The first-order valence-electron chi connectivity index (χ1n) is 6.11. The van der Waals surface area contributed by atoms with E-state index in [9.17, 15) is 9.50 Å². The maximum atomic E-state index is 13.6. The highest BCUT2D eigenvalue weighted by atomic mass is 35.5. The Bertz CT molecular complexity index is 343. The Hall–Kier alpha value is -0.600. The van der Waals surface area contributed by atoms with Crippen molar-refractivity contribution >= 4 is 11.6 Å². The molecule has 0 heterocycles. The fraction of sp³-hybridized carbons (Fsp3) is 0.571. The average Bonchev–Trinajstić information content (AvgIpc) is 2.24. The van der Waals surface area contributed by atoms with Gasteiger partial charge in [-0.1, -0.05) is 43.9 Å². The summed E-state index contributed by atoms with van der Waals surface area (Å²) in [5, 5.41) is 10.6. The van der Waals surface area contributed by atoms with Gasteiger partial charge >= 0.3 is 0 Å². The fourth-order valence-electron chi connectivity index (χ4n) is 1.93. The summed E-state index contributed by atoms with van der Waals surface area (Å²) >= 11 is 5.95. The second-order valence-corrected chi connectivity index (χ2v) is 5.24. The van der Waals surface area contributed by atoms with Gasteiger partial charge in [-0.15, -0.1) is 0 Å². The van der Waals surface area contributed by atoms with E-state index in [1.807, 2.05) is 0 Å². The van der Waals surface area contributed by atoms with E-state index in [1.165, 1.54) is 6.07 Å². The lowest BCUT2D eigenvalue weighted by Crippen LogP contribution is -2.27. The van der Waals surface area contributed by atoms with E-state index in [0.717, 1.165) is 19.3 Å². The topological polar surface area (TPSA) is 20.2 Å². The van der Waals surface area contributed by atoms with Crippen LogP contribution in [0.5, 0.6) is 0 Å².